The van der Waals surface area contributed by atoms with Crippen LogP contribution in [0.3, 0.4) is 0 Å². The van der Waals surface area contributed by atoms with Crippen molar-refractivity contribution in [2.75, 3.05) is 19.7 Å². The van der Waals surface area contributed by atoms with Crippen molar-refractivity contribution >= 4 is 34.8 Å². The van der Waals surface area contributed by atoms with Gasteiger partial charge in [-0.3, -0.25) is 9.59 Å². The van der Waals surface area contributed by atoms with Gasteiger partial charge >= 0.3 is 11.9 Å². The highest BCUT2D eigenvalue weighted by Crippen LogP contribution is 2.45. The van der Waals surface area contributed by atoms with Gasteiger partial charge in [-0.05, 0) is 58.4 Å². The molecule has 37 heavy (non-hydrogen) atoms. The molecule has 1 aromatic rings. The molecule has 8 nitrogen and oxygen atoms in total. The maximum Gasteiger partial charge on any atom is 0.338 e. The van der Waals surface area contributed by atoms with Gasteiger partial charge < -0.3 is 19.3 Å². The first-order valence-electron chi connectivity index (χ1n) is 12.8. The van der Waals surface area contributed by atoms with Crippen LogP contribution < -0.4 is 0 Å². The van der Waals surface area contributed by atoms with Crippen LogP contribution >= 0.6 is 11.8 Å². The van der Waals surface area contributed by atoms with E-state index in [0.717, 1.165) is 29.3 Å². The predicted molar refractivity (Wildman–Crippen MR) is 143 cm³/mol. The van der Waals surface area contributed by atoms with Gasteiger partial charge in [0.25, 0.3) is 0 Å². The molecular formula is C28H35N3O5S. The molecule has 0 N–H and O–H groups in total. The molecular weight excluding hydrogens is 490 g/mol. The van der Waals surface area contributed by atoms with Crippen LogP contribution in [0.5, 0.6) is 0 Å². The number of hydrogen-bond acceptors (Lipinski definition) is 8. The summed E-state index contributed by atoms with van der Waals surface area (Å²) in [6.07, 6.45) is 1.63. The van der Waals surface area contributed by atoms with E-state index in [1.807, 2.05) is 68.3 Å². The normalized spacial score (nSPS) is 21.8. The maximum atomic E-state index is 13.4. The predicted octanol–water partition coefficient (Wildman–Crippen LogP) is 4.80. The molecule has 3 aliphatic heterocycles. The number of hydrogen-bond donors (Lipinski definition) is 0. The summed E-state index contributed by atoms with van der Waals surface area (Å²) >= 11 is 1.45. The summed E-state index contributed by atoms with van der Waals surface area (Å²) in [5.41, 5.74) is 2.10. The molecule has 3 aliphatic rings. The zero-order valence-electron chi connectivity index (χ0n) is 22.2. The molecule has 1 amide bonds. The van der Waals surface area contributed by atoms with Gasteiger partial charge in [0.05, 0.1) is 36.3 Å². The third kappa shape index (κ3) is 6.09. The minimum Gasteiger partial charge on any atom is -0.466 e. The number of rotatable bonds is 6. The molecule has 198 valence electrons. The van der Waals surface area contributed by atoms with Crippen molar-refractivity contribution in [2.24, 2.45) is 10.9 Å². The molecule has 9 heteroatoms. The molecule has 1 fully saturated rings. The van der Waals surface area contributed by atoms with Gasteiger partial charge in [0.2, 0.25) is 5.91 Å². The Bertz CT molecular complexity index is 1150. The van der Waals surface area contributed by atoms with Gasteiger partial charge in [-0.15, -0.1) is 0 Å². The van der Waals surface area contributed by atoms with Crippen LogP contribution in [0, 0.1) is 5.92 Å². The van der Waals surface area contributed by atoms with E-state index in [2.05, 4.69) is 0 Å². The Morgan fingerprint density at radius 2 is 1.89 bits per heavy atom. The molecule has 0 aromatic heterocycles. The number of benzene rings is 1. The van der Waals surface area contributed by atoms with E-state index in [4.69, 9.17) is 14.5 Å². The first-order chi connectivity index (χ1) is 17.6. The maximum absolute atomic E-state index is 13.4. The summed E-state index contributed by atoms with van der Waals surface area (Å²) in [5.74, 6) is -1.01. The first-order valence-corrected chi connectivity index (χ1v) is 13.6. The summed E-state index contributed by atoms with van der Waals surface area (Å²) in [6, 6.07) is 9.28. The van der Waals surface area contributed by atoms with Crippen molar-refractivity contribution in [2.45, 2.75) is 65.5 Å². The number of esters is 2. The summed E-state index contributed by atoms with van der Waals surface area (Å²) in [5, 5.41) is 2.66. The number of amidine groups is 1. The van der Waals surface area contributed by atoms with E-state index in [-0.39, 0.29) is 24.2 Å². The minimum atomic E-state index is -0.659. The van der Waals surface area contributed by atoms with Crippen LogP contribution in [0.1, 0.15) is 65.5 Å². The molecule has 2 unspecified atom stereocenters. The minimum absolute atomic E-state index is 0.0565. The van der Waals surface area contributed by atoms with Gasteiger partial charge in [-0.25, -0.2) is 9.79 Å². The Morgan fingerprint density at radius 3 is 2.57 bits per heavy atom. The Kier molecular flexibility index (Phi) is 8.11. The van der Waals surface area contributed by atoms with Crippen LogP contribution in [0.25, 0.3) is 0 Å². The fraction of sp³-hybridized carbons (Fsp3) is 0.500. The van der Waals surface area contributed by atoms with Crippen LogP contribution in [0.15, 0.2) is 57.7 Å². The molecule has 2 atom stereocenters. The van der Waals surface area contributed by atoms with Crippen LogP contribution in [0.2, 0.25) is 0 Å². The lowest BCUT2D eigenvalue weighted by Gasteiger charge is -2.38. The largest absolute Gasteiger partial charge is 0.466 e. The van der Waals surface area contributed by atoms with Crippen molar-refractivity contribution < 1.29 is 23.9 Å². The second-order valence-corrected chi connectivity index (χ2v) is 11.2. The van der Waals surface area contributed by atoms with Gasteiger partial charge in [0.15, 0.2) is 5.17 Å². The number of carbonyl (C=O) groups is 3. The van der Waals surface area contributed by atoms with E-state index in [1.165, 1.54) is 11.8 Å². The summed E-state index contributed by atoms with van der Waals surface area (Å²) in [4.78, 5) is 47.6. The first kappa shape index (κ1) is 27.0. The molecule has 1 aromatic carbocycles. The van der Waals surface area contributed by atoms with Crippen LogP contribution in [0.4, 0.5) is 0 Å². The molecule has 0 saturated carbocycles. The third-order valence-electron chi connectivity index (χ3n) is 6.46. The SMILES string of the molecule is CCOC(=O)C1CCCN(C(=O)CC2=CSC3=NC(C)=C(C(=O)OC(C)(C)C)C(c4ccccc4)N23)C1. The fourth-order valence-electron chi connectivity index (χ4n) is 4.84. The molecule has 0 aliphatic carbocycles. The number of thioether (sulfide) groups is 1. The molecule has 4 rings (SSSR count). The number of amides is 1. The summed E-state index contributed by atoms with van der Waals surface area (Å²) in [7, 11) is 0. The van der Waals surface area contributed by atoms with E-state index in [1.54, 1.807) is 11.8 Å². The highest BCUT2D eigenvalue weighted by molar-refractivity contribution is 8.16. The number of ether oxygens (including phenoxy) is 2. The van der Waals surface area contributed by atoms with Crippen molar-refractivity contribution in [1.29, 1.82) is 0 Å². The van der Waals surface area contributed by atoms with Gasteiger partial charge in [-0.2, -0.15) is 0 Å². The number of fused-ring (bicyclic) bond motifs is 1. The number of allylic oxidation sites excluding steroid dienone is 1. The molecule has 0 radical (unpaired) electrons. The fourth-order valence-corrected chi connectivity index (χ4v) is 5.80. The van der Waals surface area contributed by atoms with Gasteiger partial charge in [0.1, 0.15) is 5.60 Å². The Morgan fingerprint density at radius 1 is 1.16 bits per heavy atom. The van der Waals surface area contributed by atoms with E-state index in [0.29, 0.717) is 31.0 Å². The van der Waals surface area contributed by atoms with Gasteiger partial charge in [-0.1, -0.05) is 42.1 Å². The second kappa shape index (κ2) is 11.1. The van der Waals surface area contributed by atoms with E-state index >= 15 is 0 Å². The Hall–Kier alpha value is -3.07. The Labute approximate surface area is 222 Å². The molecule has 3 heterocycles. The highest BCUT2D eigenvalue weighted by atomic mass is 32.2. The van der Waals surface area contributed by atoms with Gasteiger partial charge in [0, 0.05) is 18.8 Å². The average Bonchev–Trinajstić information content (AvgIpc) is 3.24. The van der Waals surface area contributed by atoms with Crippen molar-refractivity contribution in [3.8, 4) is 0 Å². The Balaban J connectivity index is 1.60. The van der Waals surface area contributed by atoms with Crippen LogP contribution in [-0.2, 0) is 23.9 Å². The smallest absolute Gasteiger partial charge is 0.338 e. The molecule has 1 saturated heterocycles. The van der Waals surface area contributed by atoms with Crippen LogP contribution in [-0.4, -0.2) is 58.1 Å². The monoisotopic (exact) mass is 525 g/mol. The average molecular weight is 526 g/mol. The van der Waals surface area contributed by atoms with E-state index < -0.39 is 17.6 Å². The number of carbonyl (C=O) groups excluding carboxylic acids is 3. The number of likely N-dealkylation sites (tertiary alicyclic amines) is 1. The topological polar surface area (TPSA) is 88.5 Å². The third-order valence-corrected chi connectivity index (χ3v) is 7.35. The lowest BCUT2D eigenvalue weighted by molar-refractivity contribution is -0.152. The summed E-state index contributed by atoms with van der Waals surface area (Å²) < 4.78 is 11.0. The number of piperidine rings is 1. The van der Waals surface area contributed by atoms with Crippen molar-refractivity contribution in [3.05, 3.63) is 58.3 Å². The zero-order chi connectivity index (χ0) is 26.7. The zero-order valence-corrected chi connectivity index (χ0v) is 23.0. The van der Waals surface area contributed by atoms with Crippen molar-refractivity contribution in [3.63, 3.8) is 0 Å². The number of nitrogens with zero attached hydrogens (tertiary/aromatic N) is 3. The standard InChI is InChI=1S/C28H35N3O5S/c1-6-35-25(33)20-13-10-14-30(16-20)22(32)15-21-17-37-27-29-18(2)23(26(34)36-28(3,4)5)24(31(21)27)19-11-8-7-9-12-19/h7-9,11-12,17,20,24H,6,10,13-16H2,1-5H3. The highest BCUT2D eigenvalue weighted by Gasteiger charge is 2.42. The summed E-state index contributed by atoms with van der Waals surface area (Å²) in [6.45, 7) is 10.4. The quantitative estimate of drug-likeness (QED) is 0.493. The second-order valence-electron chi connectivity index (χ2n) is 10.4. The molecule has 0 spiro atoms. The van der Waals surface area contributed by atoms with Crippen molar-refractivity contribution in [1.82, 2.24) is 9.80 Å². The number of aliphatic imine (C=N–C) groups is 1. The van der Waals surface area contributed by atoms with E-state index in [9.17, 15) is 14.4 Å². The lowest BCUT2D eigenvalue weighted by Crippen LogP contribution is -2.44. The molecule has 0 bridgehead atoms. The lowest BCUT2D eigenvalue weighted by atomic mass is 9.93.